The predicted molar refractivity (Wildman–Crippen MR) is 132 cm³/mol. The van der Waals surface area contributed by atoms with Gasteiger partial charge in [-0.25, -0.2) is 4.79 Å². The fourth-order valence-electron chi connectivity index (χ4n) is 5.88. The van der Waals surface area contributed by atoms with Gasteiger partial charge in [-0.2, -0.15) is 5.26 Å². The third-order valence-electron chi connectivity index (χ3n) is 7.54. The minimum Gasteiger partial charge on any atom is -0.494 e. The highest BCUT2D eigenvalue weighted by Gasteiger charge is 2.61. The van der Waals surface area contributed by atoms with Gasteiger partial charge in [0.15, 0.2) is 0 Å². The van der Waals surface area contributed by atoms with E-state index in [0.717, 1.165) is 10.8 Å². The molecule has 180 valence electrons. The van der Waals surface area contributed by atoms with E-state index in [1.807, 2.05) is 37.3 Å². The fraction of sp³-hybridized carbons (Fsp3) is 0.241. The number of ether oxygens (including phenoxy) is 2. The molecule has 0 spiro atoms. The highest BCUT2D eigenvalue weighted by molar-refractivity contribution is 5.95. The summed E-state index contributed by atoms with van der Waals surface area (Å²) in [5.41, 5.74) is 1.01. The number of aromatic hydroxyl groups is 2. The first-order valence-corrected chi connectivity index (χ1v) is 11.9. The third-order valence-corrected chi connectivity index (χ3v) is 7.54. The number of fused-ring (bicyclic) bond motifs is 6. The van der Waals surface area contributed by atoms with Crippen molar-refractivity contribution in [3.63, 3.8) is 0 Å². The summed E-state index contributed by atoms with van der Waals surface area (Å²) in [7, 11) is 0. The number of rotatable bonds is 5. The number of aromatic nitrogens is 1. The SMILES string of the molecule is C[C@]12CC[C@](CCOC(=O)c3ccccc3)(O1)c1c2c(O)n(-c2ccc(C#N)c3ccccc23)c1O. The molecule has 1 aromatic heterocycles. The molecule has 3 aromatic carbocycles. The quantitative estimate of drug-likeness (QED) is 0.371. The Balaban J connectivity index is 1.40. The lowest BCUT2D eigenvalue weighted by molar-refractivity contribution is -0.0897. The van der Waals surface area contributed by atoms with Gasteiger partial charge in [0.25, 0.3) is 0 Å². The van der Waals surface area contributed by atoms with Gasteiger partial charge in [0.05, 0.1) is 46.2 Å². The minimum atomic E-state index is -0.879. The summed E-state index contributed by atoms with van der Waals surface area (Å²) >= 11 is 0. The zero-order chi connectivity index (χ0) is 25.1. The Morgan fingerprint density at radius 1 is 1.00 bits per heavy atom. The van der Waals surface area contributed by atoms with Crippen LogP contribution in [-0.2, 0) is 20.7 Å². The second-order valence-corrected chi connectivity index (χ2v) is 9.60. The van der Waals surface area contributed by atoms with Crippen LogP contribution in [0.3, 0.4) is 0 Å². The molecular weight excluding hydrogens is 456 g/mol. The van der Waals surface area contributed by atoms with Crippen LogP contribution in [-0.4, -0.2) is 27.4 Å². The van der Waals surface area contributed by atoms with E-state index in [0.29, 0.717) is 47.2 Å². The summed E-state index contributed by atoms with van der Waals surface area (Å²) in [6.07, 6.45) is 1.64. The van der Waals surface area contributed by atoms with Crippen LogP contribution in [0.1, 0.15) is 53.2 Å². The molecule has 7 heteroatoms. The molecule has 0 radical (unpaired) electrons. The number of carbonyl (C=O) groups excluding carboxylic acids is 1. The highest BCUT2D eigenvalue weighted by Crippen LogP contribution is 2.65. The van der Waals surface area contributed by atoms with E-state index < -0.39 is 17.2 Å². The van der Waals surface area contributed by atoms with Crippen LogP contribution in [0.4, 0.5) is 0 Å². The molecule has 0 unspecified atom stereocenters. The van der Waals surface area contributed by atoms with Gasteiger partial charge in [0.1, 0.15) is 5.60 Å². The lowest BCUT2D eigenvalue weighted by Crippen LogP contribution is -2.25. The average molecular weight is 481 g/mol. The van der Waals surface area contributed by atoms with Gasteiger partial charge < -0.3 is 19.7 Å². The summed E-state index contributed by atoms with van der Waals surface area (Å²) < 4.78 is 13.4. The predicted octanol–water partition coefficient (Wildman–Crippen LogP) is 5.39. The second-order valence-electron chi connectivity index (χ2n) is 9.60. The molecule has 2 N–H and O–H groups in total. The first-order valence-electron chi connectivity index (χ1n) is 11.9. The van der Waals surface area contributed by atoms with E-state index >= 15 is 0 Å². The Morgan fingerprint density at radius 2 is 1.69 bits per heavy atom. The van der Waals surface area contributed by atoms with Crippen molar-refractivity contribution in [3.05, 3.63) is 89.0 Å². The molecule has 3 heterocycles. The van der Waals surface area contributed by atoms with Gasteiger partial charge in [0, 0.05) is 17.2 Å². The van der Waals surface area contributed by atoms with Crippen LogP contribution in [0, 0.1) is 11.3 Å². The molecule has 2 bridgehead atoms. The summed E-state index contributed by atoms with van der Waals surface area (Å²) in [6.45, 7) is 2.02. The summed E-state index contributed by atoms with van der Waals surface area (Å²) in [4.78, 5) is 12.4. The van der Waals surface area contributed by atoms with E-state index in [1.54, 1.807) is 36.4 Å². The molecule has 2 atom stereocenters. The van der Waals surface area contributed by atoms with E-state index in [-0.39, 0.29) is 18.4 Å². The van der Waals surface area contributed by atoms with Gasteiger partial charge in [0.2, 0.25) is 11.8 Å². The zero-order valence-electron chi connectivity index (χ0n) is 19.7. The summed E-state index contributed by atoms with van der Waals surface area (Å²) in [5.74, 6) is -0.599. The molecule has 2 aliphatic heterocycles. The molecule has 6 rings (SSSR count). The van der Waals surface area contributed by atoms with Crippen molar-refractivity contribution in [2.24, 2.45) is 0 Å². The minimum absolute atomic E-state index is 0.0808. The number of nitrogens with zero attached hydrogens (tertiary/aromatic N) is 2. The Labute approximate surface area is 207 Å². The number of carbonyl (C=O) groups is 1. The standard InChI is InChI=1S/C29H24N2O5/c1-28-13-14-29(36-28,15-16-35-27(34)18-7-3-2-4-8-18)24-23(28)25(32)31(26(24)33)22-12-11-19(17-30)20-9-5-6-10-21(20)22/h2-12,32-33H,13-16H2,1H3/t28-,29-/m1/s1. The van der Waals surface area contributed by atoms with Crippen molar-refractivity contribution in [1.82, 2.24) is 4.57 Å². The van der Waals surface area contributed by atoms with Crippen LogP contribution < -0.4 is 0 Å². The van der Waals surface area contributed by atoms with E-state index in [9.17, 15) is 20.3 Å². The van der Waals surface area contributed by atoms with E-state index in [2.05, 4.69) is 6.07 Å². The molecule has 4 aromatic rings. The second kappa shape index (κ2) is 7.87. The maximum Gasteiger partial charge on any atom is 0.338 e. The zero-order valence-corrected chi connectivity index (χ0v) is 19.7. The van der Waals surface area contributed by atoms with E-state index in [1.165, 1.54) is 4.57 Å². The monoisotopic (exact) mass is 480 g/mol. The Morgan fingerprint density at radius 3 is 2.44 bits per heavy atom. The third kappa shape index (κ3) is 3.05. The van der Waals surface area contributed by atoms with Gasteiger partial charge in [-0.3, -0.25) is 4.57 Å². The number of hydrogen-bond acceptors (Lipinski definition) is 6. The lowest BCUT2D eigenvalue weighted by atomic mass is 9.78. The van der Waals surface area contributed by atoms with Gasteiger partial charge in [-0.1, -0.05) is 42.5 Å². The molecule has 0 amide bonds. The maximum absolute atomic E-state index is 12.4. The van der Waals surface area contributed by atoms with Crippen molar-refractivity contribution in [2.45, 2.75) is 37.4 Å². The molecule has 0 saturated carbocycles. The number of esters is 1. The van der Waals surface area contributed by atoms with Crippen LogP contribution >= 0.6 is 0 Å². The lowest BCUT2D eigenvalue weighted by Gasteiger charge is -2.26. The Hall–Kier alpha value is -4.28. The van der Waals surface area contributed by atoms with E-state index in [4.69, 9.17) is 9.47 Å². The van der Waals surface area contributed by atoms with Crippen LogP contribution in [0.5, 0.6) is 11.8 Å². The number of benzene rings is 3. The van der Waals surface area contributed by atoms with Crippen molar-refractivity contribution in [2.75, 3.05) is 6.61 Å². The van der Waals surface area contributed by atoms with Crippen LogP contribution in [0.15, 0.2) is 66.7 Å². The van der Waals surface area contributed by atoms with Crippen LogP contribution in [0.2, 0.25) is 0 Å². The van der Waals surface area contributed by atoms with Crippen molar-refractivity contribution in [3.8, 4) is 23.5 Å². The van der Waals surface area contributed by atoms with Crippen LogP contribution in [0.25, 0.3) is 16.5 Å². The Kier molecular flexibility index (Phi) is 4.85. The van der Waals surface area contributed by atoms with Gasteiger partial charge >= 0.3 is 5.97 Å². The fourth-order valence-corrected chi connectivity index (χ4v) is 5.88. The molecule has 36 heavy (non-hydrogen) atoms. The van der Waals surface area contributed by atoms with Crippen molar-refractivity contribution >= 4 is 16.7 Å². The highest BCUT2D eigenvalue weighted by atomic mass is 16.6. The molecule has 7 nitrogen and oxygen atoms in total. The summed E-state index contributed by atoms with van der Waals surface area (Å²) in [5, 5.41) is 33.9. The first-order chi connectivity index (χ1) is 17.4. The van der Waals surface area contributed by atoms with Gasteiger partial charge in [-0.05, 0) is 44.0 Å². The molecule has 2 aliphatic rings. The molecular formula is C29H24N2O5. The maximum atomic E-state index is 12.4. The summed E-state index contributed by atoms with van der Waals surface area (Å²) in [6, 6.07) is 21.8. The Bertz CT molecular complexity index is 1570. The van der Waals surface area contributed by atoms with Crippen molar-refractivity contribution < 1.29 is 24.5 Å². The number of nitriles is 1. The first kappa shape index (κ1) is 22.2. The molecule has 1 fully saturated rings. The van der Waals surface area contributed by atoms with Gasteiger partial charge in [-0.15, -0.1) is 0 Å². The van der Waals surface area contributed by atoms with Crippen molar-refractivity contribution in [1.29, 1.82) is 5.26 Å². The molecule has 1 saturated heterocycles. The number of hydrogen-bond donors (Lipinski definition) is 2. The largest absolute Gasteiger partial charge is 0.494 e. The molecule has 0 aliphatic carbocycles. The topological polar surface area (TPSA) is 105 Å². The average Bonchev–Trinajstić information content (AvgIpc) is 3.48. The normalized spacial score (nSPS) is 21.9. The smallest absolute Gasteiger partial charge is 0.338 e.